The van der Waals surface area contributed by atoms with Crippen LogP contribution >= 0.6 is 11.3 Å². The number of nitrogens with one attached hydrogen (secondary N) is 1. The van der Waals surface area contributed by atoms with Crippen LogP contribution in [0.5, 0.6) is 0 Å². The van der Waals surface area contributed by atoms with Crippen LogP contribution in [0, 0.1) is 6.92 Å². The molecule has 0 aliphatic carbocycles. The number of carbonyl (C=O) groups excluding carboxylic acids is 1. The van der Waals surface area contributed by atoms with Crippen LogP contribution in [0.15, 0.2) is 24.3 Å². The number of anilines is 1. The van der Waals surface area contributed by atoms with Crippen molar-refractivity contribution in [2.75, 3.05) is 12.4 Å². The fraction of sp³-hybridized carbons (Fsp3) is 0.312. The third-order valence-electron chi connectivity index (χ3n) is 3.13. The van der Waals surface area contributed by atoms with Gasteiger partial charge in [0.25, 0.3) is 5.91 Å². The van der Waals surface area contributed by atoms with E-state index in [2.05, 4.69) is 10.3 Å². The fourth-order valence-electron chi connectivity index (χ4n) is 2.09. The number of benzene rings is 1. The molecular formula is C16H18N2O4S. The van der Waals surface area contributed by atoms with Gasteiger partial charge in [0.15, 0.2) is 0 Å². The van der Waals surface area contributed by atoms with Crippen LogP contribution in [-0.4, -0.2) is 29.1 Å². The van der Waals surface area contributed by atoms with Crippen molar-refractivity contribution in [1.82, 2.24) is 4.98 Å². The SMILES string of the molecule is COCc1nc(C)c(C(=O)Nc2cccc(CCC(=O)O)c2)s1. The lowest BCUT2D eigenvalue weighted by Gasteiger charge is -2.06. The number of carboxylic acids is 1. The predicted molar refractivity (Wildman–Crippen MR) is 87.9 cm³/mol. The normalized spacial score (nSPS) is 10.5. The second-order valence-electron chi connectivity index (χ2n) is 5.00. The molecule has 1 aromatic carbocycles. The lowest BCUT2D eigenvalue weighted by molar-refractivity contribution is -0.136. The summed E-state index contributed by atoms with van der Waals surface area (Å²) in [4.78, 5) is 27.8. The molecule has 0 aliphatic rings. The number of methoxy groups -OCH3 is 1. The molecule has 0 spiro atoms. The van der Waals surface area contributed by atoms with E-state index in [0.29, 0.717) is 29.3 Å². The van der Waals surface area contributed by atoms with E-state index in [9.17, 15) is 9.59 Å². The standard InChI is InChI=1S/C16H18N2O4S/c1-10-15(23-13(17-10)9-22-2)16(21)18-12-5-3-4-11(8-12)6-7-14(19)20/h3-5,8H,6-7,9H2,1-2H3,(H,18,21)(H,19,20). The molecule has 6 nitrogen and oxygen atoms in total. The Morgan fingerprint density at radius 2 is 2.17 bits per heavy atom. The molecular weight excluding hydrogens is 316 g/mol. The summed E-state index contributed by atoms with van der Waals surface area (Å²) in [7, 11) is 1.58. The van der Waals surface area contributed by atoms with Gasteiger partial charge in [-0.2, -0.15) is 0 Å². The first-order valence-electron chi connectivity index (χ1n) is 7.07. The molecule has 0 aliphatic heterocycles. The lowest BCUT2D eigenvalue weighted by atomic mass is 10.1. The van der Waals surface area contributed by atoms with Crippen molar-refractivity contribution in [2.24, 2.45) is 0 Å². The van der Waals surface area contributed by atoms with E-state index in [1.165, 1.54) is 11.3 Å². The number of amides is 1. The number of rotatable bonds is 7. The van der Waals surface area contributed by atoms with Gasteiger partial charge in [0.1, 0.15) is 9.88 Å². The Kier molecular flexibility index (Phi) is 5.84. The number of hydrogen-bond acceptors (Lipinski definition) is 5. The van der Waals surface area contributed by atoms with E-state index in [1.807, 2.05) is 6.07 Å². The molecule has 0 bridgehead atoms. The topological polar surface area (TPSA) is 88.5 Å². The fourth-order valence-corrected chi connectivity index (χ4v) is 3.02. The van der Waals surface area contributed by atoms with E-state index < -0.39 is 5.97 Å². The molecule has 0 saturated heterocycles. The van der Waals surface area contributed by atoms with Crippen molar-refractivity contribution in [1.29, 1.82) is 0 Å². The Bertz CT molecular complexity index is 712. The minimum absolute atomic E-state index is 0.0612. The molecule has 7 heteroatoms. The Morgan fingerprint density at radius 1 is 1.39 bits per heavy atom. The van der Waals surface area contributed by atoms with Crippen molar-refractivity contribution in [3.8, 4) is 0 Å². The summed E-state index contributed by atoms with van der Waals surface area (Å²) in [5.74, 6) is -1.07. The van der Waals surface area contributed by atoms with Crippen LogP contribution in [0.3, 0.4) is 0 Å². The summed E-state index contributed by atoms with van der Waals surface area (Å²) in [5, 5.41) is 12.3. The summed E-state index contributed by atoms with van der Waals surface area (Å²) < 4.78 is 5.02. The van der Waals surface area contributed by atoms with E-state index >= 15 is 0 Å². The summed E-state index contributed by atoms with van der Waals surface area (Å²) in [5.41, 5.74) is 2.17. The van der Waals surface area contributed by atoms with Crippen molar-refractivity contribution < 1.29 is 19.4 Å². The number of carboxylic acid groups (broad SMARTS) is 1. The summed E-state index contributed by atoms with van der Waals surface area (Å²) in [6, 6.07) is 7.19. The molecule has 0 fully saturated rings. The zero-order valence-electron chi connectivity index (χ0n) is 13.0. The third-order valence-corrected chi connectivity index (χ3v) is 4.26. The average Bonchev–Trinajstić information content (AvgIpc) is 2.87. The van der Waals surface area contributed by atoms with Gasteiger partial charge < -0.3 is 15.2 Å². The van der Waals surface area contributed by atoms with Crippen LogP contribution in [0.4, 0.5) is 5.69 Å². The Morgan fingerprint density at radius 3 is 2.87 bits per heavy atom. The maximum absolute atomic E-state index is 12.4. The van der Waals surface area contributed by atoms with Crippen molar-refractivity contribution in [2.45, 2.75) is 26.4 Å². The van der Waals surface area contributed by atoms with E-state index in [0.717, 1.165) is 10.6 Å². The molecule has 2 rings (SSSR count). The average molecular weight is 334 g/mol. The summed E-state index contributed by atoms with van der Waals surface area (Å²) >= 11 is 1.30. The maximum Gasteiger partial charge on any atom is 0.303 e. The van der Waals surface area contributed by atoms with Gasteiger partial charge in [-0.3, -0.25) is 9.59 Å². The molecule has 2 N–H and O–H groups in total. The van der Waals surface area contributed by atoms with Gasteiger partial charge in [0.05, 0.1) is 12.3 Å². The monoisotopic (exact) mass is 334 g/mol. The zero-order chi connectivity index (χ0) is 16.8. The highest BCUT2D eigenvalue weighted by Gasteiger charge is 2.15. The number of thiazole rings is 1. The first kappa shape index (κ1) is 17.1. The number of nitrogens with zero attached hydrogens (tertiary/aromatic N) is 1. The highest BCUT2D eigenvalue weighted by Crippen LogP contribution is 2.21. The van der Waals surface area contributed by atoms with Gasteiger partial charge in [-0.05, 0) is 31.0 Å². The second-order valence-corrected chi connectivity index (χ2v) is 6.09. The number of aryl methyl sites for hydroxylation is 2. The van der Waals surface area contributed by atoms with Gasteiger partial charge in [0, 0.05) is 19.2 Å². The van der Waals surface area contributed by atoms with Crippen LogP contribution < -0.4 is 5.32 Å². The van der Waals surface area contributed by atoms with Gasteiger partial charge >= 0.3 is 5.97 Å². The van der Waals surface area contributed by atoms with Gasteiger partial charge in [-0.25, -0.2) is 4.98 Å². The number of aliphatic carboxylic acids is 1. The molecule has 0 unspecified atom stereocenters. The molecule has 1 amide bonds. The Balaban J connectivity index is 2.08. The minimum Gasteiger partial charge on any atom is -0.481 e. The van der Waals surface area contributed by atoms with Crippen LogP contribution in [-0.2, 0) is 22.6 Å². The number of aromatic nitrogens is 1. The lowest BCUT2D eigenvalue weighted by Crippen LogP contribution is -2.11. The Labute approximate surface area is 138 Å². The van der Waals surface area contributed by atoms with Gasteiger partial charge in [-0.1, -0.05) is 12.1 Å². The number of ether oxygens (including phenoxy) is 1. The Hall–Kier alpha value is -2.25. The molecule has 23 heavy (non-hydrogen) atoms. The smallest absolute Gasteiger partial charge is 0.303 e. The summed E-state index contributed by atoms with van der Waals surface area (Å²) in [6.45, 7) is 2.16. The molecule has 122 valence electrons. The first-order valence-corrected chi connectivity index (χ1v) is 7.88. The molecule has 1 heterocycles. The zero-order valence-corrected chi connectivity index (χ0v) is 13.8. The van der Waals surface area contributed by atoms with Crippen molar-refractivity contribution in [3.05, 3.63) is 45.4 Å². The van der Waals surface area contributed by atoms with Crippen molar-refractivity contribution >= 4 is 28.9 Å². The highest BCUT2D eigenvalue weighted by atomic mass is 32.1. The number of hydrogen-bond donors (Lipinski definition) is 2. The third kappa shape index (κ3) is 4.87. The number of carbonyl (C=O) groups is 2. The van der Waals surface area contributed by atoms with E-state index in [4.69, 9.17) is 9.84 Å². The predicted octanol–water partition coefficient (Wildman–Crippen LogP) is 2.87. The van der Waals surface area contributed by atoms with Crippen molar-refractivity contribution in [3.63, 3.8) is 0 Å². The quantitative estimate of drug-likeness (QED) is 0.813. The largest absolute Gasteiger partial charge is 0.481 e. The van der Waals surface area contributed by atoms with Gasteiger partial charge in [0.2, 0.25) is 0 Å². The first-order chi connectivity index (χ1) is 11.0. The van der Waals surface area contributed by atoms with E-state index in [1.54, 1.807) is 32.2 Å². The van der Waals surface area contributed by atoms with Crippen LogP contribution in [0.25, 0.3) is 0 Å². The molecule has 0 radical (unpaired) electrons. The highest BCUT2D eigenvalue weighted by molar-refractivity contribution is 7.13. The van der Waals surface area contributed by atoms with Crippen LogP contribution in [0.1, 0.15) is 32.4 Å². The molecule has 2 aromatic rings. The van der Waals surface area contributed by atoms with E-state index in [-0.39, 0.29) is 12.3 Å². The van der Waals surface area contributed by atoms with Gasteiger partial charge in [-0.15, -0.1) is 11.3 Å². The summed E-state index contributed by atoms with van der Waals surface area (Å²) in [6.07, 6.45) is 0.488. The molecule has 0 saturated carbocycles. The molecule has 0 atom stereocenters. The molecule has 1 aromatic heterocycles. The minimum atomic E-state index is -0.842. The van der Waals surface area contributed by atoms with Crippen LogP contribution in [0.2, 0.25) is 0 Å². The second kappa shape index (κ2) is 7.85. The maximum atomic E-state index is 12.4.